The molecule has 1 heterocycles. The highest BCUT2D eigenvalue weighted by molar-refractivity contribution is 6.31. The van der Waals surface area contributed by atoms with Crippen molar-refractivity contribution in [2.24, 2.45) is 5.92 Å². The number of hydrogen-bond acceptors (Lipinski definition) is 4. The molecular weight excluding hydrogens is 363 g/mol. The number of nitrogens with one attached hydrogen (secondary N) is 2. The molecule has 9 heteroatoms. The maximum absolute atomic E-state index is 13.3. The molecule has 0 saturated carbocycles. The Morgan fingerprint density at radius 1 is 1.23 bits per heavy atom. The van der Waals surface area contributed by atoms with Gasteiger partial charge < -0.3 is 15.1 Å². The summed E-state index contributed by atoms with van der Waals surface area (Å²) in [6.45, 7) is 5.38. The molecule has 7 nitrogen and oxygen atoms in total. The molecule has 1 aromatic rings. The van der Waals surface area contributed by atoms with Crippen LogP contribution in [0.1, 0.15) is 13.8 Å². The molecule has 1 fully saturated rings. The molecule has 4 amide bonds. The number of benzene rings is 1. The Morgan fingerprint density at radius 2 is 1.88 bits per heavy atom. The van der Waals surface area contributed by atoms with Gasteiger partial charge in [-0.2, -0.15) is 0 Å². The van der Waals surface area contributed by atoms with E-state index < -0.39 is 23.7 Å². The molecule has 1 aliphatic rings. The third kappa shape index (κ3) is 5.32. The average Bonchev–Trinajstić information content (AvgIpc) is 2.61. The molecule has 0 bridgehead atoms. The molecule has 26 heavy (non-hydrogen) atoms. The Labute approximate surface area is 156 Å². The first-order chi connectivity index (χ1) is 12.3. The second kappa shape index (κ2) is 8.84. The van der Waals surface area contributed by atoms with Gasteiger partial charge in [0.2, 0.25) is 11.8 Å². The summed E-state index contributed by atoms with van der Waals surface area (Å²) in [5, 5.41) is 4.67. The lowest BCUT2D eigenvalue weighted by atomic mass is 10.1. The van der Waals surface area contributed by atoms with Gasteiger partial charge in [0.15, 0.2) is 0 Å². The van der Waals surface area contributed by atoms with E-state index in [9.17, 15) is 18.8 Å². The smallest absolute Gasteiger partial charge is 0.321 e. The molecule has 0 spiro atoms. The fraction of sp³-hybridized carbons (Fsp3) is 0.471. The van der Waals surface area contributed by atoms with Crippen LogP contribution >= 0.6 is 11.6 Å². The van der Waals surface area contributed by atoms with Gasteiger partial charge in [0.25, 0.3) is 0 Å². The number of rotatable bonds is 4. The van der Waals surface area contributed by atoms with Gasteiger partial charge in [-0.25, -0.2) is 9.18 Å². The first kappa shape index (κ1) is 20.0. The fourth-order valence-corrected chi connectivity index (χ4v) is 2.89. The molecule has 1 saturated heterocycles. The number of anilines is 1. The van der Waals surface area contributed by atoms with E-state index in [1.54, 1.807) is 24.0 Å². The highest BCUT2D eigenvalue weighted by Crippen LogP contribution is 2.23. The summed E-state index contributed by atoms with van der Waals surface area (Å²) in [5.74, 6) is -1.39. The summed E-state index contributed by atoms with van der Waals surface area (Å²) >= 11 is 5.82. The van der Waals surface area contributed by atoms with E-state index in [0.29, 0.717) is 26.2 Å². The molecule has 1 atom stereocenters. The summed E-state index contributed by atoms with van der Waals surface area (Å²) in [6, 6.07) is 3.96. The van der Waals surface area contributed by atoms with Crippen molar-refractivity contribution in [1.29, 1.82) is 0 Å². The number of hydrogen-bond donors (Lipinski definition) is 2. The van der Waals surface area contributed by atoms with Crippen LogP contribution in [0.15, 0.2) is 18.2 Å². The highest BCUT2D eigenvalue weighted by atomic mass is 35.5. The first-order valence-corrected chi connectivity index (χ1v) is 8.70. The normalized spacial score (nSPS) is 15.4. The van der Waals surface area contributed by atoms with Crippen molar-refractivity contribution in [3.05, 3.63) is 29.0 Å². The van der Waals surface area contributed by atoms with Crippen molar-refractivity contribution in [1.82, 2.24) is 15.5 Å². The van der Waals surface area contributed by atoms with Gasteiger partial charge in [0, 0.05) is 45.3 Å². The molecule has 142 valence electrons. The number of nitrogens with zero attached hydrogens (tertiary/aromatic N) is 2. The minimum atomic E-state index is -0.616. The third-order valence-electron chi connectivity index (χ3n) is 4.14. The SMILES string of the molecule is CC(=O)NC(=O)NCC(C)C(=O)N1CCN(c2ccc(F)c(Cl)c2)CC1. The number of amides is 4. The van der Waals surface area contributed by atoms with Gasteiger partial charge in [0.05, 0.1) is 10.9 Å². The standard InChI is InChI=1S/C17H22ClFN4O3/c1-11(10-20-17(26)21-12(2)24)16(25)23-7-5-22(6-8-23)13-3-4-15(19)14(18)9-13/h3-4,9,11H,5-8,10H2,1-2H3,(H2,20,21,24,26). The van der Waals surface area contributed by atoms with Crippen molar-refractivity contribution < 1.29 is 18.8 Å². The molecule has 1 aromatic carbocycles. The number of carbonyl (C=O) groups is 3. The van der Waals surface area contributed by atoms with Crippen molar-refractivity contribution in [2.75, 3.05) is 37.6 Å². The van der Waals surface area contributed by atoms with Crippen molar-refractivity contribution in [3.63, 3.8) is 0 Å². The van der Waals surface area contributed by atoms with Gasteiger partial charge in [0.1, 0.15) is 5.82 Å². The van der Waals surface area contributed by atoms with E-state index in [4.69, 9.17) is 11.6 Å². The zero-order chi connectivity index (χ0) is 19.3. The Hall–Kier alpha value is -2.35. The maximum atomic E-state index is 13.3. The predicted molar refractivity (Wildman–Crippen MR) is 96.6 cm³/mol. The van der Waals surface area contributed by atoms with Crippen molar-refractivity contribution in [3.8, 4) is 0 Å². The van der Waals surface area contributed by atoms with Crippen LogP contribution in [0.3, 0.4) is 0 Å². The van der Waals surface area contributed by atoms with E-state index in [1.807, 2.05) is 4.90 Å². The zero-order valence-corrected chi connectivity index (χ0v) is 15.5. The van der Waals surface area contributed by atoms with E-state index >= 15 is 0 Å². The molecule has 0 aromatic heterocycles. The quantitative estimate of drug-likeness (QED) is 0.826. The predicted octanol–water partition coefficient (Wildman–Crippen LogP) is 1.61. The summed E-state index contributed by atoms with van der Waals surface area (Å²) in [5.41, 5.74) is 0.819. The second-order valence-electron chi connectivity index (χ2n) is 6.20. The second-order valence-corrected chi connectivity index (χ2v) is 6.61. The van der Waals surface area contributed by atoms with Gasteiger partial charge in [-0.05, 0) is 18.2 Å². The summed E-state index contributed by atoms with van der Waals surface area (Å²) in [4.78, 5) is 38.4. The number of imide groups is 1. The minimum Gasteiger partial charge on any atom is -0.368 e. The topological polar surface area (TPSA) is 81.8 Å². The lowest BCUT2D eigenvalue weighted by Crippen LogP contribution is -2.51. The van der Waals surface area contributed by atoms with E-state index in [1.165, 1.54) is 13.0 Å². The largest absolute Gasteiger partial charge is 0.368 e. The Balaban J connectivity index is 1.82. The van der Waals surface area contributed by atoms with Crippen LogP contribution in [0.4, 0.5) is 14.9 Å². The summed E-state index contributed by atoms with van der Waals surface area (Å²) in [7, 11) is 0. The van der Waals surface area contributed by atoms with E-state index in [0.717, 1.165) is 5.69 Å². The average molecular weight is 385 g/mol. The first-order valence-electron chi connectivity index (χ1n) is 8.32. The zero-order valence-electron chi connectivity index (χ0n) is 14.7. The Morgan fingerprint density at radius 3 is 2.46 bits per heavy atom. The molecule has 0 radical (unpaired) electrons. The van der Waals surface area contributed by atoms with Crippen LogP contribution in [0.5, 0.6) is 0 Å². The molecular formula is C17H22ClFN4O3. The van der Waals surface area contributed by atoms with Crippen molar-refractivity contribution in [2.45, 2.75) is 13.8 Å². The Bertz CT molecular complexity index is 693. The van der Waals surface area contributed by atoms with E-state index in [-0.39, 0.29) is 17.5 Å². The summed E-state index contributed by atoms with van der Waals surface area (Å²) in [6.07, 6.45) is 0. The number of carbonyl (C=O) groups excluding carboxylic acids is 3. The van der Waals surface area contributed by atoms with Crippen LogP contribution < -0.4 is 15.5 Å². The number of urea groups is 1. The number of halogens is 2. The number of piperazine rings is 1. The highest BCUT2D eigenvalue weighted by Gasteiger charge is 2.25. The molecule has 2 rings (SSSR count). The lowest BCUT2D eigenvalue weighted by molar-refractivity contribution is -0.135. The van der Waals surface area contributed by atoms with Gasteiger partial charge in [-0.15, -0.1) is 0 Å². The lowest BCUT2D eigenvalue weighted by Gasteiger charge is -2.37. The van der Waals surface area contributed by atoms with Crippen LogP contribution in [0.2, 0.25) is 5.02 Å². The van der Waals surface area contributed by atoms with Gasteiger partial charge >= 0.3 is 6.03 Å². The van der Waals surface area contributed by atoms with Crippen LogP contribution in [0, 0.1) is 11.7 Å². The minimum absolute atomic E-state index is 0.0649. The molecule has 2 N–H and O–H groups in total. The Kier molecular flexibility index (Phi) is 6.79. The molecule has 1 aliphatic heterocycles. The van der Waals surface area contributed by atoms with Gasteiger partial charge in [-0.1, -0.05) is 18.5 Å². The van der Waals surface area contributed by atoms with Crippen molar-refractivity contribution >= 4 is 35.1 Å². The fourth-order valence-electron chi connectivity index (χ4n) is 2.72. The van der Waals surface area contributed by atoms with E-state index in [2.05, 4.69) is 10.6 Å². The molecule has 1 unspecified atom stereocenters. The maximum Gasteiger partial charge on any atom is 0.321 e. The van der Waals surface area contributed by atoms with Crippen LogP contribution in [-0.4, -0.2) is 55.5 Å². The third-order valence-corrected chi connectivity index (χ3v) is 4.43. The van der Waals surface area contributed by atoms with Gasteiger partial charge in [-0.3, -0.25) is 14.9 Å². The van der Waals surface area contributed by atoms with Crippen LogP contribution in [0.25, 0.3) is 0 Å². The monoisotopic (exact) mass is 384 g/mol. The van der Waals surface area contributed by atoms with Crippen LogP contribution in [-0.2, 0) is 9.59 Å². The summed E-state index contributed by atoms with van der Waals surface area (Å²) < 4.78 is 13.3. The molecule has 0 aliphatic carbocycles.